The summed E-state index contributed by atoms with van der Waals surface area (Å²) in [6, 6.07) is 0.526. The van der Waals surface area contributed by atoms with E-state index in [2.05, 4.69) is 42.7 Å². The summed E-state index contributed by atoms with van der Waals surface area (Å²) in [7, 11) is 6.08. The largest absolute Gasteiger partial charge is 0.348 e. The van der Waals surface area contributed by atoms with Crippen molar-refractivity contribution in [2.45, 2.75) is 33.4 Å². The van der Waals surface area contributed by atoms with Crippen molar-refractivity contribution in [2.24, 2.45) is 13.0 Å². The number of nitrogens with zero attached hydrogens (tertiary/aromatic N) is 3. The minimum Gasteiger partial charge on any atom is -0.348 e. The van der Waals surface area contributed by atoms with Crippen molar-refractivity contribution in [3.8, 4) is 0 Å². The number of hydrogen-bond donors (Lipinski definition) is 1. The SMILES string of the molecule is CC(C)C(C)NCc1cnc(N(C)C)n1C. The molecule has 0 aromatic carbocycles. The first-order chi connectivity index (χ1) is 7.43. The maximum absolute atomic E-state index is 4.39. The van der Waals surface area contributed by atoms with Gasteiger partial charge in [0.15, 0.2) is 0 Å². The van der Waals surface area contributed by atoms with Crippen LogP contribution in [0.2, 0.25) is 0 Å². The van der Waals surface area contributed by atoms with Crippen LogP contribution in [0.5, 0.6) is 0 Å². The Labute approximate surface area is 98.7 Å². The van der Waals surface area contributed by atoms with Crippen LogP contribution in [0.15, 0.2) is 6.20 Å². The van der Waals surface area contributed by atoms with Crippen molar-refractivity contribution < 1.29 is 0 Å². The predicted octanol–water partition coefficient (Wildman–Crippen LogP) is 1.62. The molecule has 4 heteroatoms. The summed E-state index contributed by atoms with van der Waals surface area (Å²) in [5.74, 6) is 1.65. The Balaban J connectivity index is 2.62. The third-order valence-electron chi connectivity index (χ3n) is 3.07. The Morgan fingerprint density at radius 3 is 2.44 bits per heavy atom. The van der Waals surface area contributed by atoms with Gasteiger partial charge in [0.25, 0.3) is 0 Å². The molecule has 1 heterocycles. The van der Waals surface area contributed by atoms with Gasteiger partial charge in [-0.05, 0) is 12.8 Å². The summed E-state index contributed by atoms with van der Waals surface area (Å²) in [4.78, 5) is 6.41. The highest BCUT2D eigenvalue weighted by Crippen LogP contribution is 2.11. The van der Waals surface area contributed by atoms with E-state index in [9.17, 15) is 0 Å². The fourth-order valence-electron chi connectivity index (χ4n) is 1.51. The van der Waals surface area contributed by atoms with E-state index < -0.39 is 0 Å². The Bertz CT molecular complexity index is 328. The van der Waals surface area contributed by atoms with Crippen molar-refractivity contribution in [1.29, 1.82) is 0 Å². The zero-order chi connectivity index (χ0) is 12.3. The number of rotatable bonds is 5. The summed E-state index contributed by atoms with van der Waals surface area (Å²) in [5, 5.41) is 3.51. The first kappa shape index (κ1) is 13.0. The number of anilines is 1. The second-order valence-corrected chi connectivity index (χ2v) is 4.92. The molecule has 0 fully saturated rings. The standard InChI is InChI=1S/C12H24N4/c1-9(2)10(3)13-7-11-8-14-12(15(4)5)16(11)6/h8-10,13H,7H2,1-6H3. The molecule has 1 rings (SSSR count). The topological polar surface area (TPSA) is 33.1 Å². The van der Waals surface area contributed by atoms with Crippen LogP contribution < -0.4 is 10.2 Å². The third kappa shape index (κ3) is 2.98. The average Bonchev–Trinajstić information content (AvgIpc) is 2.56. The molecule has 0 saturated carbocycles. The van der Waals surface area contributed by atoms with Gasteiger partial charge in [-0.25, -0.2) is 4.98 Å². The maximum Gasteiger partial charge on any atom is 0.204 e. The van der Waals surface area contributed by atoms with E-state index in [0.29, 0.717) is 12.0 Å². The lowest BCUT2D eigenvalue weighted by Crippen LogP contribution is -2.30. The number of hydrogen-bond acceptors (Lipinski definition) is 3. The molecule has 1 aromatic rings. The lowest BCUT2D eigenvalue weighted by Gasteiger charge is -2.18. The summed E-state index contributed by atoms with van der Waals surface area (Å²) in [6.45, 7) is 7.54. The monoisotopic (exact) mass is 224 g/mol. The molecule has 0 aliphatic carbocycles. The van der Waals surface area contributed by atoms with E-state index in [-0.39, 0.29) is 0 Å². The molecule has 0 radical (unpaired) electrons. The Morgan fingerprint density at radius 1 is 1.38 bits per heavy atom. The van der Waals surface area contributed by atoms with Gasteiger partial charge in [-0.3, -0.25) is 0 Å². The molecule has 1 atom stereocenters. The number of nitrogens with one attached hydrogen (secondary N) is 1. The van der Waals surface area contributed by atoms with Gasteiger partial charge < -0.3 is 14.8 Å². The second-order valence-electron chi connectivity index (χ2n) is 4.92. The van der Waals surface area contributed by atoms with Gasteiger partial charge in [0.1, 0.15) is 0 Å². The van der Waals surface area contributed by atoms with Crippen LogP contribution in [-0.4, -0.2) is 29.7 Å². The lowest BCUT2D eigenvalue weighted by atomic mass is 10.1. The third-order valence-corrected chi connectivity index (χ3v) is 3.07. The van der Waals surface area contributed by atoms with Crippen LogP contribution in [-0.2, 0) is 13.6 Å². The molecule has 1 aromatic heterocycles. The molecule has 92 valence electrons. The normalized spacial score (nSPS) is 13.2. The zero-order valence-corrected chi connectivity index (χ0v) is 11.3. The van der Waals surface area contributed by atoms with Gasteiger partial charge in [0, 0.05) is 33.7 Å². The Morgan fingerprint density at radius 2 is 2.00 bits per heavy atom. The summed E-state index contributed by atoms with van der Waals surface area (Å²) >= 11 is 0. The summed E-state index contributed by atoms with van der Waals surface area (Å²) < 4.78 is 2.13. The highest BCUT2D eigenvalue weighted by atomic mass is 15.3. The molecule has 4 nitrogen and oxygen atoms in total. The molecule has 0 amide bonds. The highest BCUT2D eigenvalue weighted by Gasteiger charge is 2.10. The van der Waals surface area contributed by atoms with Gasteiger partial charge in [-0.2, -0.15) is 0 Å². The van der Waals surface area contributed by atoms with Crippen molar-refractivity contribution in [3.63, 3.8) is 0 Å². The van der Waals surface area contributed by atoms with E-state index in [1.165, 1.54) is 5.69 Å². The van der Waals surface area contributed by atoms with Gasteiger partial charge >= 0.3 is 0 Å². The Hall–Kier alpha value is -1.03. The molecule has 0 aliphatic heterocycles. The molecule has 1 unspecified atom stereocenters. The molecule has 16 heavy (non-hydrogen) atoms. The van der Waals surface area contributed by atoms with Crippen molar-refractivity contribution in [3.05, 3.63) is 11.9 Å². The molecule has 0 aliphatic rings. The molecular formula is C12H24N4. The van der Waals surface area contributed by atoms with E-state index in [0.717, 1.165) is 12.5 Å². The van der Waals surface area contributed by atoms with Gasteiger partial charge in [-0.1, -0.05) is 13.8 Å². The first-order valence-electron chi connectivity index (χ1n) is 5.84. The molecule has 0 bridgehead atoms. The number of imidazole rings is 1. The van der Waals surface area contributed by atoms with Crippen LogP contribution in [0.1, 0.15) is 26.5 Å². The minimum atomic E-state index is 0.526. The fraction of sp³-hybridized carbons (Fsp3) is 0.750. The van der Waals surface area contributed by atoms with E-state index in [4.69, 9.17) is 0 Å². The zero-order valence-electron chi connectivity index (χ0n) is 11.3. The van der Waals surface area contributed by atoms with Crippen LogP contribution in [0.25, 0.3) is 0 Å². The quantitative estimate of drug-likeness (QED) is 0.825. The fourth-order valence-corrected chi connectivity index (χ4v) is 1.51. The summed E-state index contributed by atoms with van der Waals surface area (Å²) in [6.07, 6.45) is 1.94. The first-order valence-corrected chi connectivity index (χ1v) is 5.84. The average molecular weight is 224 g/mol. The van der Waals surface area contributed by atoms with E-state index >= 15 is 0 Å². The summed E-state index contributed by atoms with van der Waals surface area (Å²) in [5.41, 5.74) is 1.22. The molecule has 0 saturated heterocycles. The molecule has 0 spiro atoms. The predicted molar refractivity (Wildman–Crippen MR) is 68.7 cm³/mol. The second kappa shape index (κ2) is 5.34. The number of aromatic nitrogens is 2. The smallest absolute Gasteiger partial charge is 0.204 e. The van der Waals surface area contributed by atoms with Gasteiger partial charge in [0.2, 0.25) is 5.95 Å². The van der Waals surface area contributed by atoms with Crippen molar-refractivity contribution in [1.82, 2.24) is 14.9 Å². The van der Waals surface area contributed by atoms with E-state index in [1.807, 2.05) is 25.2 Å². The van der Waals surface area contributed by atoms with Gasteiger partial charge in [0.05, 0.1) is 11.9 Å². The van der Waals surface area contributed by atoms with Crippen LogP contribution in [0.4, 0.5) is 5.95 Å². The minimum absolute atomic E-state index is 0.526. The van der Waals surface area contributed by atoms with Crippen molar-refractivity contribution in [2.75, 3.05) is 19.0 Å². The van der Waals surface area contributed by atoms with Crippen LogP contribution in [0, 0.1) is 5.92 Å². The van der Waals surface area contributed by atoms with Crippen LogP contribution >= 0.6 is 0 Å². The molecular weight excluding hydrogens is 200 g/mol. The van der Waals surface area contributed by atoms with Crippen molar-refractivity contribution >= 4 is 5.95 Å². The van der Waals surface area contributed by atoms with E-state index in [1.54, 1.807) is 0 Å². The maximum atomic E-state index is 4.39. The highest BCUT2D eigenvalue weighted by molar-refractivity contribution is 5.30. The lowest BCUT2D eigenvalue weighted by molar-refractivity contribution is 0.421. The Kier molecular flexibility index (Phi) is 4.35. The van der Waals surface area contributed by atoms with Crippen LogP contribution in [0.3, 0.4) is 0 Å². The van der Waals surface area contributed by atoms with Gasteiger partial charge in [-0.15, -0.1) is 0 Å². The molecule has 1 N–H and O–H groups in total.